The molecule has 0 radical (unpaired) electrons. The van der Waals surface area contributed by atoms with Crippen molar-refractivity contribution < 1.29 is 4.39 Å². The number of nitrogens with zero attached hydrogens (tertiary/aromatic N) is 2. The molecule has 1 aromatic carbocycles. The summed E-state index contributed by atoms with van der Waals surface area (Å²) < 4.78 is 14.0. The SMILES string of the molecule is CCCc1ccc(-c2ncnc(CN)c2F)cc1. The molecular weight excluding hydrogens is 229 g/mol. The van der Waals surface area contributed by atoms with E-state index in [0.29, 0.717) is 5.69 Å². The van der Waals surface area contributed by atoms with Crippen molar-refractivity contribution in [1.29, 1.82) is 0 Å². The number of aryl methyl sites for hydroxylation is 1. The second kappa shape index (κ2) is 5.69. The van der Waals surface area contributed by atoms with E-state index in [4.69, 9.17) is 5.73 Å². The Hall–Kier alpha value is -1.81. The predicted octanol–water partition coefficient (Wildman–Crippen LogP) is 2.69. The Kier molecular flexibility index (Phi) is 3.99. The largest absolute Gasteiger partial charge is 0.325 e. The summed E-state index contributed by atoms with van der Waals surface area (Å²) in [6.07, 6.45) is 3.47. The standard InChI is InChI=1S/C14H16FN3/c1-2-3-10-4-6-11(7-5-10)14-13(15)12(8-16)17-9-18-14/h4-7,9H,2-3,8,16H2,1H3. The molecule has 0 unspecified atom stereocenters. The van der Waals surface area contributed by atoms with Crippen LogP contribution in [0, 0.1) is 5.82 Å². The van der Waals surface area contributed by atoms with Crippen molar-refractivity contribution in [2.24, 2.45) is 5.73 Å². The molecule has 3 nitrogen and oxygen atoms in total. The lowest BCUT2D eigenvalue weighted by Crippen LogP contribution is -2.05. The third kappa shape index (κ3) is 2.54. The van der Waals surface area contributed by atoms with Gasteiger partial charge in [0.15, 0.2) is 5.82 Å². The van der Waals surface area contributed by atoms with Crippen molar-refractivity contribution in [2.45, 2.75) is 26.3 Å². The number of aromatic nitrogens is 2. The first-order valence-corrected chi connectivity index (χ1v) is 6.05. The van der Waals surface area contributed by atoms with Gasteiger partial charge in [0, 0.05) is 12.1 Å². The fourth-order valence-electron chi connectivity index (χ4n) is 1.87. The van der Waals surface area contributed by atoms with E-state index in [2.05, 4.69) is 16.9 Å². The molecule has 0 bridgehead atoms. The van der Waals surface area contributed by atoms with Gasteiger partial charge in [-0.2, -0.15) is 0 Å². The fourth-order valence-corrected chi connectivity index (χ4v) is 1.87. The first-order chi connectivity index (χ1) is 8.76. The Labute approximate surface area is 106 Å². The minimum absolute atomic E-state index is 0.0786. The van der Waals surface area contributed by atoms with Gasteiger partial charge >= 0.3 is 0 Å². The van der Waals surface area contributed by atoms with Crippen LogP contribution in [0.1, 0.15) is 24.6 Å². The highest BCUT2D eigenvalue weighted by atomic mass is 19.1. The lowest BCUT2D eigenvalue weighted by Gasteiger charge is -2.06. The van der Waals surface area contributed by atoms with Crippen molar-refractivity contribution in [2.75, 3.05) is 0 Å². The van der Waals surface area contributed by atoms with Crippen molar-refractivity contribution in [3.05, 3.63) is 47.7 Å². The molecule has 0 aliphatic carbocycles. The number of hydrogen-bond donors (Lipinski definition) is 1. The molecule has 94 valence electrons. The Morgan fingerprint density at radius 1 is 1.17 bits per heavy atom. The van der Waals surface area contributed by atoms with Gasteiger partial charge in [-0.3, -0.25) is 0 Å². The zero-order chi connectivity index (χ0) is 13.0. The monoisotopic (exact) mass is 245 g/mol. The van der Waals surface area contributed by atoms with Gasteiger partial charge in [-0.1, -0.05) is 37.6 Å². The molecule has 0 aliphatic heterocycles. The molecule has 4 heteroatoms. The van der Waals surface area contributed by atoms with E-state index in [9.17, 15) is 4.39 Å². The molecule has 2 aromatic rings. The molecule has 0 spiro atoms. The van der Waals surface area contributed by atoms with E-state index in [-0.39, 0.29) is 12.2 Å². The van der Waals surface area contributed by atoms with E-state index in [0.717, 1.165) is 18.4 Å². The zero-order valence-electron chi connectivity index (χ0n) is 10.4. The molecule has 2 N–H and O–H groups in total. The molecule has 0 fully saturated rings. The number of nitrogens with two attached hydrogens (primary N) is 1. The Balaban J connectivity index is 2.36. The van der Waals surface area contributed by atoms with Crippen LogP contribution in [0.15, 0.2) is 30.6 Å². The van der Waals surface area contributed by atoms with Gasteiger partial charge in [0.05, 0.1) is 5.69 Å². The summed E-state index contributed by atoms with van der Waals surface area (Å²) in [5.74, 6) is -0.428. The normalized spacial score (nSPS) is 10.6. The van der Waals surface area contributed by atoms with Gasteiger partial charge in [-0.25, -0.2) is 14.4 Å². The highest BCUT2D eigenvalue weighted by molar-refractivity contribution is 5.60. The summed E-state index contributed by atoms with van der Waals surface area (Å²) in [5, 5.41) is 0. The maximum atomic E-state index is 14.0. The summed E-state index contributed by atoms with van der Waals surface area (Å²) in [7, 11) is 0. The summed E-state index contributed by atoms with van der Waals surface area (Å²) in [6.45, 7) is 2.21. The van der Waals surface area contributed by atoms with Crippen LogP contribution >= 0.6 is 0 Å². The Bertz CT molecular complexity index is 523. The topological polar surface area (TPSA) is 51.8 Å². The van der Waals surface area contributed by atoms with Gasteiger partial charge in [0.2, 0.25) is 0 Å². The molecule has 1 heterocycles. The first kappa shape index (κ1) is 12.6. The molecule has 0 atom stereocenters. The number of halogens is 1. The van der Waals surface area contributed by atoms with Crippen LogP contribution in [0.3, 0.4) is 0 Å². The minimum Gasteiger partial charge on any atom is -0.325 e. The van der Waals surface area contributed by atoms with Crippen molar-refractivity contribution in [1.82, 2.24) is 9.97 Å². The predicted molar refractivity (Wildman–Crippen MR) is 69.3 cm³/mol. The van der Waals surface area contributed by atoms with Crippen molar-refractivity contribution in [3.8, 4) is 11.3 Å². The molecule has 0 aliphatic rings. The van der Waals surface area contributed by atoms with E-state index < -0.39 is 5.82 Å². The van der Waals surface area contributed by atoms with Gasteiger partial charge in [-0.15, -0.1) is 0 Å². The van der Waals surface area contributed by atoms with Gasteiger partial charge in [0.1, 0.15) is 12.0 Å². The molecule has 0 saturated carbocycles. The number of benzene rings is 1. The van der Waals surface area contributed by atoms with Crippen molar-refractivity contribution in [3.63, 3.8) is 0 Å². The molecule has 2 rings (SSSR count). The summed E-state index contributed by atoms with van der Waals surface area (Å²) in [5.41, 5.74) is 7.99. The smallest absolute Gasteiger partial charge is 0.172 e. The maximum absolute atomic E-state index is 14.0. The zero-order valence-corrected chi connectivity index (χ0v) is 10.4. The summed E-state index contributed by atoms with van der Waals surface area (Å²) in [6, 6.07) is 7.78. The lowest BCUT2D eigenvalue weighted by atomic mass is 10.1. The Morgan fingerprint density at radius 3 is 2.50 bits per heavy atom. The van der Waals surface area contributed by atoms with Gasteiger partial charge in [-0.05, 0) is 12.0 Å². The van der Waals surface area contributed by atoms with Gasteiger partial charge < -0.3 is 5.73 Å². The maximum Gasteiger partial charge on any atom is 0.172 e. The van der Waals surface area contributed by atoms with E-state index in [1.54, 1.807) is 0 Å². The molecule has 1 aromatic heterocycles. The van der Waals surface area contributed by atoms with E-state index >= 15 is 0 Å². The van der Waals surface area contributed by atoms with Crippen LogP contribution in [0.4, 0.5) is 4.39 Å². The van der Waals surface area contributed by atoms with Crippen LogP contribution < -0.4 is 5.73 Å². The molecular formula is C14H16FN3. The average Bonchev–Trinajstić information content (AvgIpc) is 2.41. The minimum atomic E-state index is -0.428. The average molecular weight is 245 g/mol. The van der Waals surface area contributed by atoms with Gasteiger partial charge in [0.25, 0.3) is 0 Å². The third-order valence-corrected chi connectivity index (χ3v) is 2.82. The summed E-state index contributed by atoms with van der Waals surface area (Å²) >= 11 is 0. The molecule has 0 amide bonds. The summed E-state index contributed by atoms with van der Waals surface area (Å²) in [4.78, 5) is 7.81. The number of hydrogen-bond acceptors (Lipinski definition) is 3. The quantitative estimate of drug-likeness (QED) is 0.901. The van der Waals surface area contributed by atoms with Crippen LogP contribution in [-0.4, -0.2) is 9.97 Å². The van der Waals surface area contributed by atoms with Crippen LogP contribution in [-0.2, 0) is 13.0 Å². The first-order valence-electron chi connectivity index (χ1n) is 6.05. The van der Waals surface area contributed by atoms with Crippen LogP contribution in [0.2, 0.25) is 0 Å². The highest BCUT2D eigenvalue weighted by Crippen LogP contribution is 2.22. The fraction of sp³-hybridized carbons (Fsp3) is 0.286. The van der Waals surface area contributed by atoms with Crippen LogP contribution in [0.25, 0.3) is 11.3 Å². The van der Waals surface area contributed by atoms with E-state index in [1.165, 1.54) is 11.9 Å². The third-order valence-electron chi connectivity index (χ3n) is 2.82. The van der Waals surface area contributed by atoms with Crippen molar-refractivity contribution >= 4 is 0 Å². The Morgan fingerprint density at radius 2 is 1.89 bits per heavy atom. The lowest BCUT2D eigenvalue weighted by molar-refractivity contribution is 0.596. The highest BCUT2D eigenvalue weighted by Gasteiger charge is 2.11. The second-order valence-electron chi connectivity index (χ2n) is 4.13. The van der Waals surface area contributed by atoms with Crippen LogP contribution in [0.5, 0.6) is 0 Å². The second-order valence-corrected chi connectivity index (χ2v) is 4.13. The molecule has 0 saturated heterocycles. The molecule has 18 heavy (non-hydrogen) atoms. The number of rotatable bonds is 4. The van der Waals surface area contributed by atoms with E-state index in [1.807, 2.05) is 24.3 Å².